The zero-order valence-corrected chi connectivity index (χ0v) is 30.1. The van der Waals surface area contributed by atoms with E-state index in [0.29, 0.717) is 52.0 Å². The highest BCUT2D eigenvalue weighted by Crippen LogP contribution is 2.48. The van der Waals surface area contributed by atoms with Crippen LogP contribution in [0.4, 0.5) is 5.95 Å². The summed E-state index contributed by atoms with van der Waals surface area (Å²) in [7, 11) is 1.63. The third-order valence-corrected chi connectivity index (χ3v) is 10.2. The van der Waals surface area contributed by atoms with Gasteiger partial charge in [0.05, 0.1) is 11.6 Å². The number of nitrogens with zero attached hydrogens (tertiary/aromatic N) is 3. The molecular weight excluding hydrogens is 684 g/mol. The SMILES string of the molecule is COc1cc(C2C3=C(CC(C)(C)CC3=O)Nc3nc(SCc4ccccc4Cl)nn32)cc(Br)c1OCc1ccc(C(C)(C)C)cc1. The molecular formula is C36H38BrClN4O3S. The van der Waals surface area contributed by atoms with Crippen molar-refractivity contribution in [2.75, 3.05) is 12.4 Å². The van der Waals surface area contributed by atoms with Crippen molar-refractivity contribution in [3.8, 4) is 11.5 Å². The fourth-order valence-electron chi connectivity index (χ4n) is 6.01. The van der Waals surface area contributed by atoms with Crippen LogP contribution in [0.3, 0.4) is 0 Å². The van der Waals surface area contributed by atoms with Crippen LogP contribution >= 0.6 is 39.3 Å². The Morgan fingerprint density at radius 2 is 1.85 bits per heavy atom. The van der Waals surface area contributed by atoms with E-state index in [2.05, 4.69) is 80.1 Å². The number of carbonyl (C=O) groups is 1. The Hall–Kier alpha value is -3.27. The van der Waals surface area contributed by atoms with Crippen LogP contribution in [0, 0.1) is 5.41 Å². The highest BCUT2D eigenvalue weighted by atomic mass is 79.9. The molecule has 1 atom stereocenters. The molecule has 0 radical (unpaired) electrons. The lowest BCUT2D eigenvalue weighted by atomic mass is 9.73. The summed E-state index contributed by atoms with van der Waals surface area (Å²) in [6.07, 6.45) is 1.18. The number of fused-ring (bicyclic) bond motifs is 1. The normalized spacial score (nSPS) is 17.3. The Morgan fingerprint density at radius 1 is 1.11 bits per heavy atom. The first-order chi connectivity index (χ1) is 21.8. The van der Waals surface area contributed by atoms with E-state index in [1.54, 1.807) is 7.11 Å². The number of carbonyl (C=O) groups excluding carboxylic acids is 1. The van der Waals surface area contributed by atoms with Gasteiger partial charge in [-0.3, -0.25) is 4.79 Å². The number of halogens is 2. The molecule has 0 amide bonds. The van der Waals surface area contributed by atoms with Gasteiger partial charge in [-0.25, -0.2) is 4.68 Å². The van der Waals surface area contributed by atoms with Gasteiger partial charge in [-0.15, -0.1) is 5.10 Å². The summed E-state index contributed by atoms with van der Waals surface area (Å²) in [6, 6.07) is 19.7. The lowest BCUT2D eigenvalue weighted by Gasteiger charge is -2.38. The van der Waals surface area contributed by atoms with Crippen molar-refractivity contribution >= 4 is 51.0 Å². The maximum Gasteiger partial charge on any atom is 0.227 e. The van der Waals surface area contributed by atoms with Crippen LogP contribution in [0.2, 0.25) is 5.02 Å². The Labute approximate surface area is 288 Å². The summed E-state index contributed by atoms with van der Waals surface area (Å²) >= 11 is 11.7. The third kappa shape index (κ3) is 6.73. The number of rotatable bonds is 8. The molecule has 1 aliphatic carbocycles. The van der Waals surface area contributed by atoms with Gasteiger partial charge in [-0.2, -0.15) is 4.98 Å². The number of ketones is 1. The Balaban J connectivity index is 1.34. The van der Waals surface area contributed by atoms with Crippen LogP contribution in [0.25, 0.3) is 0 Å². The lowest BCUT2D eigenvalue weighted by Crippen LogP contribution is -2.36. The van der Waals surface area contributed by atoms with Crippen LogP contribution in [-0.4, -0.2) is 27.7 Å². The number of Topliss-reactive ketones (excluding diaryl/α,β-unsaturated/α-hetero) is 1. The molecule has 46 heavy (non-hydrogen) atoms. The Bertz CT molecular complexity index is 1830. The Morgan fingerprint density at radius 3 is 2.54 bits per heavy atom. The first kappa shape index (κ1) is 32.7. The van der Waals surface area contributed by atoms with E-state index < -0.39 is 6.04 Å². The van der Waals surface area contributed by atoms with Gasteiger partial charge in [0.1, 0.15) is 12.6 Å². The molecule has 240 valence electrons. The lowest BCUT2D eigenvalue weighted by molar-refractivity contribution is -0.118. The fourth-order valence-corrected chi connectivity index (χ4v) is 7.70. The number of hydrogen-bond acceptors (Lipinski definition) is 7. The molecule has 7 nitrogen and oxygen atoms in total. The van der Waals surface area contributed by atoms with Gasteiger partial charge in [0, 0.05) is 28.5 Å². The molecule has 0 saturated carbocycles. The first-order valence-electron chi connectivity index (χ1n) is 15.3. The summed E-state index contributed by atoms with van der Waals surface area (Å²) in [6.45, 7) is 11.2. The molecule has 0 spiro atoms. The molecule has 0 fully saturated rings. The molecule has 1 N–H and O–H groups in total. The van der Waals surface area contributed by atoms with Crippen molar-refractivity contribution < 1.29 is 14.3 Å². The number of thioether (sulfide) groups is 1. The van der Waals surface area contributed by atoms with Crippen molar-refractivity contribution in [2.45, 2.75) is 76.4 Å². The number of methoxy groups -OCH3 is 1. The summed E-state index contributed by atoms with van der Waals surface area (Å²) < 4.78 is 14.7. The van der Waals surface area contributed by atoms with Crippen molar-refractivity contribution in [3.63, 3.8) is 0 Å². The molecule has 2 heterocycles. The minimum Gasteiger partial charge on any atom is -0.493 e. The van der Waals surface area contributed by atoms with Crippen molar-refractivity contribution in [3.05, 3.63) is 104 Å². The summed E-state index contributed by atoms with van der Waals surface area (Å²) in [5.41, 5.74) is 5.70. The number of aromatic nitrogens is 3. The Kier molecular flexibility index (Phi) is 9.04. The summed E-state index contributed by atoms with van der Waals surface area (Å²) in [5, 5.41) is 9.68. The van der Waals surface area contributed by atoms with E-state index in [9.17, 15) is 4.79 Å². The molecule has 1 aliphatic heterocycles. The van der Waals surface area contributed by atoms with E-state index in [1.807, 2.05) is 41.1 Å². The second kappa shape index (κ2) is 12.7. The van der Waals surface area contributed by atoms with Gasteiger partial charge < -0.3 is 14.8 Å². The van der Waals surface area contributed by atoms with E-state index in [0.717, 1.165) is 33.3 Å². The molecule has 6 rings (SSSR count). The second-order valence-electron chi connectivity index (χ2n) is 13.7. The van der Waals surface area contributed by atoms with Crippen LogP contribution < -0.4 is 14.8 Å². The van der Waals surface area contributed by atoms with E-state index in [-0.39, 0.29) is 16.6 Å². The maximum absolute atomic E-state index is 13.8. The predicted octanol–water partition coefficient (Wildman–Crippen LogP) is 9.53. The van der Waals surface area contributed by atoms with Crippen molar-refractivity contribution in [1.29, 1.82) is 0 Å². The zero-order chi connectivity index (χ0) is 32.8. The van der Waals surface area contributed by atoms with Crippen LogP contribution in [0.15, 0.2) is 81.6 Å². The molecule has 4 aromatic rings. The van der Waals surface area contributed by atoms with Crippen LogP contribution in [0.1, 0.15) is 75.8 Å². The van der Waals surface area contributed by atoms with Crippen molar-refractivity contribution in [1.82, 2.24) is 14.8 Å². The van der Waals surface area contributed by atoms with E-state index in [1.165, 1.54) is 17.3 Å². The number of nitrogens with one attached hydrogen (secondary N) is 1. The van der Waals surface area contributed by atoms with Gasteiger partial charge >= 0.3 is 0 Å². The van der Waals surface area contributed by atoms with E-state index in [4.69, 9.17) is 31.2 Å². The van der Waals surface area contributed by atoms with Crippen molar-refractivity contribution in [2.24, 2.45) is 5.41 Å². The van der Waals surface area contributed by atoms with Gasteiger partial charge in [0.15, 0.2) is 17.3 Å². The number of anilines is 1. The fraction of sp³-hybridized carbons (Fsp3) is 0.361. The highest BCUT2D eigenvalue weighted by Gasteiger charge is 2.42. The van der Waals surface area contributed by atoms with Crippen LogP contribution in [0.5, 0.6) is 11.5 Å². The van der Waals surface area contributed by atoms with E-state index >= 15 is 0 Å². The third-order valence-electron chi connectivity index (χ3n) is 8.40. The quantitative estimate of drug-likeness (QED) is 0.182. The average molecular weight is 722 g/mol. The smallest absolute Gasteiger partial charge is 0.227 e. The molecule has 1 unspecified atom stereocenters. The molecule has 3 aromatic carbocycles. The summed E-state index contributed by atoms with van der Waals surface area (Å²) in [5.74, 6) is 2.49. The first-order valence-corrected chi connectivity index (χ1v) is 17.4. The maximum atomic E-state index is 13.8. The molecule has 0 saturated heterocycles. The topological polar surface area (TPSA) is 78.3 Å². The molecule has 0 bridgehead atoms. The number of benzene rings is 3. The number of hydrogen-bond donors (Lipinski definition) is 1. The van der Waals surface area contributed by atoms with Crippen LogP contribution in [-0.2, 0) is 22.6 Å². The zero-order valence-electron chi connectivity index (χ0n) is 26.9. The molecule has 2 aliphatic rings. The summed E-state index contributed by atoms with van der Waals surface area (Å²) in [4.78, 5) is 18.6. The minimum atomic E-state index is -0.485. The highest BCUT2D eigenvalue weighted by molar-refractivity contribution is 9.10. The van der Waals surface area contributed by atoms with Gasteiger partial charge in [-0.05, 0) is 73.6 Å². The number of allylic oxidation sites excluding steroid dienone is 2. The van der Waals surface area contributed by atoms with Gasteiger partial charge in [0.25, 0.3) is 0 Å². The average Bonchev–Trinajstić information content (AvgIpc) is 3.40. The predicted molar refractivity (Wildman–Crippen MR) is 188 cm³/mol. The van der Waals surface area contributed by atoms with Gasteiger partial charge in [-0.1, -0.05) is 100 Å². The van der Waals surface area contributed by atoms with Gasteiger partial charge in [0.2, 0.25) is 11.1 Å². The number of ether oxygens (including phenoxy) is 2. The standard InChI is InChI=1S/C36H38BrClN4O3S/c1-35(2,3)24-13-11-21(12-14-24)19-45-32-25(37)15-23(16-29(32)44-6)31-30-27(17-36(4,5)18-28(30)43)39-33-40-34(41-42(31)33)46-20-22-9-7-8-10-26(22)38/h7-16,31H,17-20H2,1-6H3,(H,39,40,41). The monoisotopic (exact) mass is 720 g/mol. The molecule has 1 aromatic heterocycles. The largest absolute Gasteiger partial charge is 0.493 e. The minimum absolute atomic E-state index is 0.0832. The second-order valence-corrected chi connectivity index (χ2v) is 15.9. The molecule has 10 heteroatoms.